The summed E-state index contributed by atoms with van der Waals surface area (Å²) in [5, 5.41) is 3.36. The van der Waals surface area contributed by atoms with Gasteiger partial charge in [-0.3, -0.25) is 4.79 Å². The molecule has 3 rings (SSSR count). The van der Waals surface area contributed by atoms with Gasteiger partial charge in [-0.2, -0.15) is 0 Å². The average Bonchev–Trinajstić information content (AvgIpc) is 3.04. The van der Waals surface area contributed by atoms with Crippen LogP contribution in [0.25, 0.3) is 22.3 Å². The van der Waals surface area contributed by atoms with Crippen molar-refractivity contribution >= 4 is 28.8 Å². The van der Waals surface area contributed by atoms with E-state index < -0.39 is 22.9 Å². The number of rotatable bonds is 4. The van der Waals surface area contributed by atoms with E-state index in [1.165, 1.54) is 20.5 Å². The van der Waals surface area contributed by atoms with Crippen molar-refractivity contribution in [3.05, 3.63) is 51.4 Å². The van der Waals surface area contributed by atoms with E-state index in [1.54, 1.807) is 12.1 Å². The fraction of sp³-hybridized carbons (Fsp3) is 0.318. The Morgan fingerprint density at radius 2 is 1.67 bits per heavy atom. The number of furan rings is 1. The quantitative estimate of drug-likeness (QED) is 0.636. The SMILES string of the molecule is COC(=O)c1c(NC(C)(C)C)oc(-c2coc3ccc(C)cc3c2=O)c1C(=O)OC. The minimum absolute atomic E-state index is 0.00603. The van der Waals surface area contributed by atoms with Crippen LogP contribution in [-0.4, -0.2) is 31.7 Å². The molecule has 2 heterocycles. The van der Waals surface area contributed by atoms with Crippen LogP contribution in [0.15, 0.2) is 38.1 Å². The van der Waals surface area contributed by atoms with E-state index in [0.717, 1.165) is 5.56 Å². The van der Waals surface area contributed by atoms with Crippen molar-refractivity contribution in [3.63, 3.8) is 0 Å². The van der Waals surface area contributed by atoms with Crippen molar-refractivity contribution in [2.45, 2.75) is 33.2 Å². The number of methoxy groups -OCH3 is 2. The maximum atomic E-state index is 13.2. The van der Waals surface area contributed by atoms with Crippen LogP contribution in [-0.2, 0) is 9.47 Å². The molecule has 0 fully saturated rings. The number of benzene rings is 1. The van der Waals surface area contributed by atoms with E-state index in [0.29, 0.717) is 11.0 Å². The molecule has 0 saturated carbocycles. The molecule has 1 N–H and O–H groups in total. The normalized spacial score (nSPS) is 11.4. The summed E-state index contributed by atoms with van der Waals surface area (Å²) in [5.74, 6) is -1.79. The number of esters is 2. The summed E-state index contributed by atoms with van der Waals surface area (Å²) in [6.45, 7) is 7.39. The number of carbonyl (C=O) groups is 2. The molecule has 8 nitrogen and oxygen atoms in total. The molecule has 0 spiro atoms. The van der Waals surface area contributed by atoms with E-state index in [1.807, 2.05) is 33.8 Å². The Morgan fingerprint density at radius 3 is 2.27 bits per heavy atom. The molecule has 0 amide bonds. The fourth-order valence-electron chi connectivity index (χ4n) is 3.04. The average molecular weight is 413 g/mol. The lowest BCUT2D eigenvalue weighted by Gasteiger charge is -2.20. The van der Waals surface area contributed by atoms with Gasteiger partial charge >= 0.3 is 11.9 Å². The van der Waals surface area contributed by atoms with Crippen LogP contribution in [0.1, 0.15) is 47.1 Å². The Labute approximate surface area is 172 Å². The van der Waals surface area contributed by atoms with Gasteiger partial charge in [0.25, 0.3) is 0 Å². The van der Waals surface area contributed by atoms with Crippen molar-refractivity contribution in [2.75, 3.05) is 19.5 Å². The summed E-state index contributed by atoms with van der Waals surface area (Å²) in [5.41, 5.74) is -0.0468. The number of anilines is 1. The minimum atomic E-state index is -0.847. The fourth-order valence-corrected chi connectivity index (χ4v) is 3.04. The molecule has 1 aromatic carbocycles. The van der Waals surface area contributed by atoms with Crippen LogP contribution in [0.3, 0.4) is 0 Å². The highest BCUT2D eigenvalue weighted by Gasteiger charge is 2.35. The largest absolute Gasteiger partial charge is 0.465 e. The lowest BCUT2D eigenvalue weighted by Crippen LogP contribution is -2.27. The monoisotopic (exact) mass is 413 g/mol. The number of carbonyl (C=O) groups excluding carboxylic acids is 2. The Balaban J connectivity index is 2.38. The number of aryl methyl sites for hydroxylation is 1. The molecule has 30 heavy (non-hydrogen) atoms. The highest BCUT2D eigenvalue weighted by molar-refractivity contribution is 6.10. The Kier molecular flexibility index (Phi) is 5.43. The van der Waals surface area contributed by atoms with Crippen molar-refractivity contribution in [1.82, 2.24) is 0 Å². The third-order valence-electron chi connectivity index (χ3n) is 4.35. The van der Waals surface area contributed by atoms with E-state index in [9.17, 15) is 14.4 Å². The van der Waals surface area contributed by atoms with Crippen molar-refractivity contribution < 1.29 is 27.9 Å². The van der Waals surface area contributed by atoms with Gasteiger partial charge in [-0.05, 0) is 39.8 Å². The van der Waals surface area contributed by atoms with E-state index in [-0.39, 0.29) is 28.3 Å². The summed E-state index contributed by atoms with van der Waals surface area (Å²) in [6, 6.07) is 5.19. The molecule has 0 unspecified atom stereocenters. The predicted molar refractivity (Wildman–Crippen MR) is 111 cm³/mol. The number of nitrogens with one attached hydrogen (secondary N) is 1. The highest BCUT2D eigenvalue weighted by atomic mass is 16.5. The summed E-state index contributed by atoms with van der Waals surface area (Å²) in [7, 11) is 2.35. The van der Waals surface area contributed by atoms with E-state index >= 15 is 0 Å². The van der Waals surface area contributed by atoms with E-state index in [2.05, 4.69) is 5.32 Å². The van der Waals surface area contributed by atoms with Gasteiger partial charge in [0.15, 0.2) is 5.76 Å². The maximum Gasteiger partial charge on any atom is 0.344 e. The summed E-state index contributed by atoms with van der Waals surface area (Å²) < 4.78 is 21.1. The Bertz CT molecular complexity index is 1190. The molecule has 0 atom stereocenters. The molecule has 0 aliphatic rings. The van der Waals surface area contributed by atoms with Crippen LogP contribution in [0.2, 0.25) is 0 Å². The second-order valence-electron chi connectivity index (χ2n) is 7.85. The number of hydrogen-bond donors (Lipinski definition) is 1. The minimum Gasteiger partial charge on any atom is -0.465 e. The second-order valence-corrected chi connectivity index (χ2v) is 7.85. The van der Waals surface area contributed by atoms with Gasteiger partial charge in [-0.1, -0.05) is 11.6 Å². The van der Waals surface area contributed by atoms with Gasteiger partial charge in [0.05, 0.1) is 19.6 Å². The molecule has 0 radical (unpaired) electrons. The van der Waals surface area contributed by atoms with Crippen molar-refractivity contribution in [3.8, 4) is 11.3 Å². The summed E-state index contributed by atoms with van der Waals surface area (Å²) in [6.07, 6.45) is 1.20. The first-order valence-corrected chi connectivity index (χ1v) is 9.21. The first-order valence-electron chi connectivity index (χ1n) is 9.21. The van der Waals surface area contributed by atoms with Gasteiger partial charge in [0.2, 0.25) is 11.3 Å². The standard InChI is InChI=1S/C22H23NO7/c1-11-7-8-14-12(9-11)17(24)13(10-29-14)18-15(20(25)27-5)16(21(26)28-6)19(30-18)23-22(2,3)4/h7-10,23H,1-6H3. The van der Waals surface area contributed by atoms with Crippen molar-refractivity contribution in [2.24, 2.45) is 0 Å². The Morgan fingerprint density at radius 1 is 1.03 bits per heavy atom. The van der Waals surface area contributed by atoms with Gasteiger partial charge in [0.1, 0.15) is 28.5 Å². The molecule has 0 aliphatic heterocycles. The molecular weight excluding hydrogens is 390 g/mol. The second kappa shape index (κ2) is 7.70. The van der Waals surface area contributed by atoms with Crippen LogP contribution in [0.4, 0.5) is 5.88 Å². The molecule has 158 valence electrons. The van der Waals surface area contributed by atoms with Gasteiger partial charge in [-0.15, -0.1) is 0 Å². The van der Waals surface area contributed by atoms with Crippen molar-refractivity contribution in [1.29, 1.82) is 0 Å². The Hall–Kier alpha value is -3.55. The molecule has 0 aliphatic carbocycles. The smallest absolute Gasteiger partial charge is 0.344 e. The zero-order valence-corrected chi connectivity index (χ0v) is 17.7. The number of fused-ring (bicyclic) bond motifs is 1. The lowest BCUT2D eigenvalue weighted by molar-refractivity contribution is 0.0558. The van der Waals surface area contributed by atoms with Gasteiger partial charge in [-0.25, -0.2) is 9.59 Å². The lowest BCUT2D eigenvalue weighted by atomic mass is 10.0. The third-order valence-corrected chi connectivity index (χ3v) is 4.35. The van der Waals surface area contributed by atoms with Crippen LogP contribution in [0, 0.1) is 6.92 Å². The highest BCUT2D eigenvalue weighted by Crippen LogP contribution is 2.36. The summed E-state index contributed by atoms with van der Waals surface area (Å²) in [4.78, 5) is 38.3. The number of hydrogen-bond acceptors (Lipinski definition) is 8. The third kappa shape index (κ3) is 3.80. The zero-order valence-electron chi connectivity index (χ0n) is 17.7. The van der Waals surface area contributed by atoms with Crippen LogP contribution in [0.5, 0.6) is 0 Å². The van der Waals surface area contributed by atoms with E-state index in [4.69, 9.17) is 18.3 Å². The first-order chi connectivity index (χ1) is 14.1. The molecule has 8 heteroatoms. The number of ether oxygens (including phenoxy) is 2. The maximum absolute atomic E-state index is 13.2. The molecule has 0 saturated heterocycles. The molecular formula is C22H23NO7. The topological polar surface area (TPSA) is 108 Å². The summed E-state index contributed by atoms with van der Waals surface area (Å²) >= 11 is 0. The molecule has 2 aromatic heterocycles. The molecule has 3 aromatic rings. The van der Waals surface area contributed by atoms with Gasteiger partial charge < -0.3 is 23.6 Å². The first kappa shape index (κ1) is 21.2. The van der Waals surface area contributed by atoms with Crippen LogP contribution >= 0.6 is 0 Å². The zero-order chi connectivity index (χ0) is 22.2. The van der Waals surface area contributed by atoms with Crippen LogP contribution < -0.4 is 10.7 Å². The van der Waals surface area contributed by atoms with Gasteiger partial charge in [0, 0.05) is 5.54 Å². The molecule has 0 bridgehead atoms. The predicted octanol–water partition coefficient (Wildman–Crippen LogP) is 4.15.